The summed E-state index contributed by atoms with van der Waals surface area (Å²) < 4.78 is 24.3. The van der Waals surface area contributed by atoms with Crippen LogP contribution in [0, 0.1) is 11.7 Å². The number of nitrogens with one attached hydrogen (secondary N) is 1. The Bertz CT molecular complexity index is 870. The molecule has 0 radical (unpaired) electrons. The van der Waals surface area contributed by atoms with Gasteiger partial charge in [0.2, 0.25) is 12.7 Å². The van der Waals surface area contributed by atoms with Crippen molar-refractivity contribution in [1.82, 2.24) is 5.32 Å². The maximum Gasteiger partial charge on any atom is 0.254 e. The Morgan fingerprint density at radius 2 is 2.00 bits per heavy atom. The van der Waals surface area contributed by atoms with E-state index >= 15 is 0 Å². The summed E-state index contributed by atoms with van der Waals surface area (Å²) >= 11 is 0. The first-order valence-corrected chi connectivity index (χ1v) is 8.34. The molecule has 0 aromatic heterocycles. The van der Waals surface area contributed by atoms with E-state index in [1.165, 1.54) is 18.2 Å². The van der Waals surface area contributed by atoms with Crippen molar-refractivity contribution >= 4 is 17.5 Å². The second kappa shape index (κ2) is 6.67. The second-order valence-corrected chi connectivity index (χ2v) is 6.30. The van der Waals surface area contributed by atoms with Crippen LogP contribution < -0.4 is 19.7 Å². The summed E-state index contributed by atoms with van der Waals surface area (Å²) in [5.74, 6) is 0.185. The molecule has 7 heteroatoms. The van der Waals surface area contributed by atoms with Crippen molar-refractivity contribution in [1.29, 1.82) is 0 Å². The van der Waals surface area contributed by atoms with Crippen molar-refractivity contribution in [3.05, 3.63) is 53.8 Å². The minimum absolute atomic E-state index is 0.00412. The maximum atomic E-state index is 13.6. The SMILES string of the molecule is O=C(NC[C@H]1CC(=O)N(c2ccc3c(c2)OCO3)C1)c1ccccc1F. The van der Waals surface area contributed by atoms with Crippen LogP contribution in [0.5, 0.6) is 11.5 Å². The Balaban J connectivity index is 1.39. The number of carbonyl (C=O) groups excluding carboxylic acids is 2. The first kappa shape index (κ1) is 16.4. The summed E-state index contributed by atoms with van der Waals surface area (Å²) in [5.41, 5.74) is 0.742. The van der Waals surface area contributed by atoms with Crippen LogP contribution in [0.15, 0.2) is 42.5 Å². The van der Waals surface area contributed by atoms with Crippen LogP contribution in [0.4, 0.5) is 10.1 Å². The molecule has 6 nitrogen and oxygen atoms in total. The molecule has 26 heavy (non-hydrogen) atoms. The average molecular weight is 356 g/mol. The molecular weight excluding hydrogens is 339 g/mol. The van der Waals surface area contributed by atoms with Crippen molar-refractivity contribution in [2.75, 3.05) is 24.8 Å². The second-order valence-electron chi connectivity index (χ2n) is 6.30. The third-order valence-corrected chi connectivity index (χ3v) is 4.54. The molecule has 1 N–H and O–H groups in total. The van der Waals surface area contributed by atoms with Gasteiger partial charge in [-0.25, -0.2) is 4.39 Å². The van der Waals surface area contributed by atoms with Gasteiger partial charge >= 0.3 is 0 Å². The molecule has 134 valence electrons. The number of nitrogens with zero attached hydrogens (tertiary/aromatic N) is 1. The average Bonchev–Trinajstić information content (AvgIpc) is 3.25. The van der Waals surface area contributed by atoms with E-state index in [1.807, 2.05) is 6.07 Å². The lowest BCUT2D eigenvalue weighted by molar-refractivity contribution is -0.117. The number of fused-ring (bicyclic) bond motifs is 1. The lowest BCUT2D eigenvalue weighted by Gasteiger charge is -2.17. The molecular formula is C19H17FN2O4. The number of hydrogen-bond acceptors (Lipinski definition) is 4. The lowest BCUT2D eigenvalue weighted by Crippen LogP contribution is -2.31. The molecule has 4 rings (SSSR count). The monoisotopic (exact) mass is 356 g/mol. The van der Waals surface area contributed by atoms with Gasteiger partial charge < -0.3 is 19.7 Å². The van der Waals surface area contributed by atoms with Gasteiger partial charge in [-0.1, -0.05) is 12.1 Å². The van der Waals surface area contributed by atoms with Crippen LogP contribution >= 0.6 is 0 Å². The molecule has 2 aliphatic heterocycles. The molecule has 1 saturated heterocycles. The lowest BCUT2D eigenvalue weighted by atomic mass is 10.1. The van der Waals surface area contributed by atoms with E-state index in [0.29, 0.717) is 31.0 Å². The summed E-state index contributed by atoms with van der Waals surface area (Å²) in [7, 11) is 0. The van der Waals surface area contributed by atoms with Crippen LogP contribution in [-0.4, -0.2) is 31.7 Å². The zero-order valence-electron chi connectivity index (χ0n) is 13.9. The number of halogens is 1. The number of benzene rings is 2. The predicted octanol–water partition coefficient (Wildman–Crippen LogP) is 2.34. The highest BCUT2D eigenvalue weighted by Crippen LogP contribution is 2.37. The molecule has 2 aliphatic rings. The van der Waals surface area contributed by atoms with Gasteiger partial charge in [0, 0.05) is 37.2 Å². The van der Waals surface area contributed by atoms with Gasteiger partial charge in [-0.2, -0.15) is 0 Å². The highest BCUT2D eigenvalue weighted by atomic mass is 19.1. The molecule has 2 aromatic rings. The number of anilines is 1. The minimum atomic E-state index is -0.561. The Labute approximate surface area is 149 Å². The van der Waals surface area contributed by atoms with E-state index < -0.39 is 11.7 Å². The van der Waals surface area contributed by atoms with Gasteiger partial charge in [0.1, 0.15) is 5.82 Å². The van der Waals surface area contributed by atoms with Crippen molar-refractivity contribution in [3.8, 4) is 11.5 Å². The summed E-state index contributed by atoms with van der Waals surface area (Å²) in [6.07, 6.45) is 0.325. The number of rotatable bonds is 4. The molecule has 2 aromatic carbocycles. The number of amides is 2. The van der Waals surface area contributed by atoms with E-state index in [0.717, 1.165) is 5.69 Å². The van der Waals surface area contributed by atoms with E-state index in [2.05, 4.69) is 5.32 Å². The summed E-state index contributed by atoms with van der Waals surface area (Å²) in [5, 5.41) is 2.71. The zero-order valence-corrected chi connectivity index (χ0v) is 13.9. The Kier molecular flexibility index (Phi) is 4.20. The number of carbonyl (C=O) groups is 2. The topological polar surface area (TPSA) is 67.9 Å². The first-order valence-electron chi connectivity index (χ1n) is 8.34. The van der Waals surface area contributed by atoms with Crippen molar-refractivity contribution in [3.63, 3.8) is 0 Å². The Morgan fingerprint density at radius 1 is 1.19 bits per heavy atom. The summed E-state index contributed by atoms with van der Waals surface area (Å²) in [4.78, 5) is 26.1. The van der Waals surface area contributed by atoms with Crippen molar-refractivity contribution < 1.29 is 23.5 Å². The van der Waals surface area contributed by atoms with Crippen molar-refractivity contribution in [2.24, 2.45) is 5.92 Å². The quantitative estimate of drug-likeness (QED) is 0.913. The van der Waals surface area contributed by atoms with Crippen molar-refractivity contribution in [2.45, 2.75) is 6.42 Å². The van der Waals surface area contributed by atoms with Gasteiger partial charge in [-0.15, -0.1) is 0 Å². The predicted molar refractivity (Wildman–Crippen MR) is 91.8 cm³/mol. The molecule has 1 atom stereocenters. The van der Waals surface area contributed by atoms with E-state index in [4.69, 9.17) is 9.47 Å². The first-order chi connectivity index (χ1) is 12.6. The standard InChI is InChI=1S/C19H17FN2O4/c20-15-4-2-1-3-14(15)19(24)21-9-12-7-18(23)22(10-12)13-5-6-16-17(8-13)26-11-25-16/h1-6,8,12H,7,9-11H2,(H,21,24)/t12-/m1/s1. The van der Waals surface area contributed by atoms with Gasteiger partial charge in [-0.3, -0.25) is 9.59 Å². The Hall–Kier alpha value is -3.09. The number of ether oxygens (including phenoxy) is 2. The molecule has 0 bridgehead atoms. The Morgan fingerprint density at radius 3 is 2.85 bits per heavy atom. The maximum absolute atomic E-state index is 13.6. The van der Waals surface area contributed by atoms with E-state index in [9.17, 15) is 14.0 Å². The van der Waals surface area contributed by atoms with Crippen LogP contribution in [0.1, 0.15) is 16.8 Å². The smallest absolute Gasteiger partial charge is 0.254 e. The molecule has 2 amide bonds. The van der Waals surface area contributed by atoms with E-state index in [1.54, 1.807) is 23.1 Å². The van der Waals surface area contributed by atoms with Gasteiger partial charge in [-0.05, 0) is 24.3 Å². The minimum Gasteiger partial charge on any atom is -0.454 e. The van der Waals surface area contributed by atoms with Gasteiger partial charge in [0.25, 0.3) is 5.91 Å². The largest absolute Gasteiger partial charge is 0.454 e. The van der Waals surface area contributed by atoms with Crippen LogP contribution in [-0.2, 0) is 4.79 Å². The zero-order chi connectivity index (χ0) is 18.1. The van der Waals surface area contributed by atoms with Crippen LogP contribution in [0.3, 0.4) is 0 Å². The van der Waals surface area contributed by atoms with Gasteiger partial charge in [0.05, 0.1) is 5.56 Å². The fourth-order valence-electron chi connectivity index (χ4n) is 3.20. The molecule has 0 unspecified atom stereocenters. The third-order valence-electron chi connectivity index (χ3n) is 4.54. The summed E-state index contributed by atoms with van der Waals surface area (Å²) in [6, 6.07) is 11.2. The molecule has 0 saturated carbocycles. The molecule has 2 heterocycles. The van der Waals surface area contributed by atoms with Gasteiger partial charge in [0.15, 0.2) is 11.5 Å². The fraction of sp³-hybridized carbons (Fsp3) is 0.263. The third kappa shape index (κ3) is 3.08. The molecule has 1 fully saturated rings. The fourth-order valence-corrected chi connectivity index (χ4v) is 3.20. The van der Waals surface area contributed by atoms with Crippen LogP contribution in [0.2, 0.25) is 0 Å². The summed E-state index contributed by atoms with van der Waals surface area (Å²) in [6.45, 7) is 0.966. The van der Waals surface area contributed by atoms with Crippen LogP contribution in [0.25, 0.3) is 0 Å². The number of hydrogen-bond donors (Lipinski definition) is 1. The highest BCUT2D eigenvalue weighted by molar-refractivity contribution is 5.97. The molecule has 0 aliphatic carbocycles. The molecule has 0 spiro atoms. The van der Waals surface area contributed by atoms with E-state index in [-0.39, 0.29) is 24.2 Å². The normalized spacial score (nSPS) is 18.3. The highest BCUT2D eigenvalue weighted by Gasteiger charge is 2.31.